The molecule has 1 aromatic heterocycles. The van der Waals surface area contributed by atoms with Crippen molar-refractivity contribution in [1.29, 1.82) is 0 Å². The van der Waals surface area contributed by atoms with Crippen molar-refractivity contribution in [1.82, 2.24) is 10.2 Å². The van der Waals surface area contributed by atoms with Gasteiger partial charge in [-0.3, -0.25) is 4.79 Å². The molecule has 7 heteroatoms. The van der Waals surface area contributed by atoms with Gasteiger partial charge in [0, 0.05) is 6.54 Å². The summed E-state index contributed by atoms with van der Waals surface area (Å²) in [5.74, 6) is 1.69. The summed E-state index contributed by atoms with van der Waals surface area (Å²) in [5, 5.41) is 2.88. The van der Waals surface area contributed by atoms with E-state index >= 15 is 0 Å². The van der Waals surface area contributed by atoms with E-state index in [1.54, 1.807) is 33.5 Å². The van der Waals surface area contributed by atoms with Gasteiger partial charge in [0.2, 0.25) is 5.75 Å². The van der Waals surface area contributed by atoms with Gasteiger partial charge in [-0.2, -0.15) is 0 Å². The topological polar surface area (TPSA) is 73.2 Å². The summed E-state index contributed by atoms with van der Waals surface area (Å²) in [7, 11) is 8.59. The number of methoxy groups -OCH3 is 3. The summed E-state index contributed by atoms with van der Waals surface area (Å²) in [4.78, 5) is 14.1. The number of likely N-dealkylation sites (N-methyl/N-ethyl adjacent to an activating group) is 1. The number of nitrogens with zero attached hydrogens (tertiary/aromatic N) is 1. The van der Waals surface area contributed by atoms with Crippen LogP contribution in [0.15, 0.2) is 34.9 Å². The third-order valence-electron chi connectivity index (χ3n) is 3.90. The minimum atomic E-state index is -0.260. The fraction of sp³-hybridized carbons (Fsp3) is 0.389. The van der Waals surface area contributed by atoms with Gasteiger partial charge in [-0.1, -0.05) is 0 Å². The van der Waals surface area contributed by atoms with Crippen molar-refractivity contribution in [2.45, 2.75) is 6.04 Å². The zero-order valence-corrected chi connectivity index (χ0v) is 15.2. The Balaban J connectivity index is 2.26. The number of nitrogens with one attached hydrogen (secondary N) is 1. The Labute approximate surface area is 147 Å². The summed E-state index contributed by atoms with van der Waals surface area (Å²) in [6, 6.07) is 6.97. The summed E-state index contributed by atoms with van der Waals surface area (Å²) < 4.78 is 21.3. The molecule has 1 heterocycles. The lowest BCUT2D eigenvalue weighted by molar-refractivity contribution is 0.0914. The summed E-state index contributed by atoms with van der Waals surface area (Å²) in [6.45, 7) is 0.394. The molecular weight excluding hydrogens is 324 g/mol. The van der Waals surface area contributed by atoms with Crippen LogP contribution in [-0.2, 0) is 0 Å². The largest absolute Gasteiger partial charge is 0.493 e. The molecule has 25 heavy (non-hydrogen) atoms. The summed E-state index contributed by atoms with van der Waals surface area (Å²) in [5.41, 5.74) is 0.930. The van der Waals surface area contributed by atoms with E-state index in [1.165, 1.54) is 6.26 Å². The van der Waals surface area contributed by atoms with Crippen LogP contribution in [0, 0.1) is 0 Å². The predicted octanol–water partition coefficient (Wildman–Crippen LogP) is 2.34. The molecular formula is C18H24N2O5. The molecule has 0 bridgehead atoms. The van der Waals surface area contributed by atoms with Crippen LogP contribution in [0.3, 0.4) is 0 Å². The number of amides is 1. The Kier molecular flexibility index (Phi) is 6.30. The van der Waals surface area contributed by atoms with E-state index < -0.39 is 0 Å². The predicted molar refractivity (Wildman–Crippen MR) is 93.6 cm³/mol. The maximum atomic E-state index is 12.1. The van der Waals surface area contributed by atoms with E-state index in [2.05, 4.69) is 5.32 Å². The zero-order chi connectivity index (χ0) is 18.4. The Hall–Kier alpha value is -2.67. The van der Waals surface area contributed by atoms with Crippen LogP contribution in [0.4, 0.5) is 0 Å². The van der Waals surface area contributed by atoms with Crippen molar-refractivity contribution in [2.75, 3.05) is 42.0 Å². The Morgan fingerprint density at radius 3 is 2.24 bits per heavy atom. The number of hydrogen-bond donors (Lipinski definition) is 1. The molecule has 2 aromatic rings. The molecule has 2 rings (SSSR count). The van der Waals surface area contributed by atoms with Crippen LogP contribution in [0.5, 0.6) is 17.2 Å². The molecule has 0 aliphatic carbocycles. The molecule has 0 aliphatic rings. The monoisotopic (exact) mass is 348 g/mol. The number of hydrogen-bond acceptors (Lipinski definition) is 6. The summed E-state index contributed by atoms with van der Waals surface area (Å²) in [6.07, 6.45) is 1.47. The molecule has 1 atom stereocenters. The Bertz CT molecular complexity index is 672. The standard InChI is InChI=1S/C18H24N2O5/c1-20(2)13(11-19-18(21)14-7-6-8-25-14)12-9-15(22-3)17(24-5)16(10-12)23-4/h6-10,13H,11H2,1-5H3,(H,19,21). The van der Waals surface area contributed by atoms with E-state index in [0.29, 0.717) is 23.8 Å². The van der Waals surface area contributed by atoms with Crippen molar-refractivity contribution in [3.05, 3.63) is 41.9 Å². The normalized spacial score (nSPS) is 11.9. The summed E-state index contributed by atoms with van der Waals surface area (Å²) >= 11 is 0. The number of benzene rings is 1. The number of ether oxygens (including phenoxy) is 3. The van der Waals surface area contributed by atoms with Crippen LogP contribution in [-0.4, -0.2) is 52.8 Å². The Morgan fingerprint density at radius 2 is 1.80 bits per heavy atom. The molecule has 0 saturated heterocycles. The number of carbonyl (C=O) groups is 1. The third kappa shape index (κ3) is 4.24. The smallest absolute Gasteiger partial charge is 0.287 e. The fourth-order valence-electron chi connectivity index (χ4n) is 2.58. The van der Waals surface area contributed by atoms with Gasteiger partial charge in [-0.25, -0.2) is 0 Å². The average molecular weight is 348 g/mol. The molecule has 1 unspecified atom stereocenters. The number of carbonyl (C=O) groups excluding carboxylic acids is 1. The molecule has 0 spiro atoms. The van der Waals surface area contributed by atoms with Crippen LogP contribution in [0.25, 0.3) is 0 Å². The first-order chi connectivity index (χ1) is 12.0. The van der Waals surface area contributed by atoms with Crippen molar-refractivity contribution >= 4 is 5.91 Å². The molecule has 1 aromatic carbocycles. The van der Waals surface area contributed by atoms with Crippen molar-refractivity contribution < 1.29 is 23.4 Å². The first-order valence-electron chi connectivity index (χ1n) is 7.79. The lowest BCUT2D eigenvalue weighted by Crippen LogP contribution is -2.34. The van der Waals surface area contributed by atoms with Crippen molar-refractivity contribution in [2.24, 2.45) is 0 Å². The highest BCUT2D eigenvalue weighted by molar-refractivity contribution is 5.91. The number of furan rings is 1. The SMILES string of the molecule is COc1cc(C(CNC(=O)c2ccco2)N(C)C)cc(OC)c1OC. The van der Waals surface area contributed by atoms with Crippen LogP contribution < -0.4 is 19.5 Å². The van der Waals surface area contributed by atoms with Gasteiger partial charge >= 0.3 is 0 Å². The van der Waals surface area contributed by atoms with Gasteiger partial charge in [0.15, 0.2) is 17.3 Å². The van der Waals surface area contributed by atoms with E-state index in [1.807, 2.05) is 31.1 Å². The second-order valence-corrected chi connectivity index (χ2v) is 5.63. The second-order valence-electron chi connectivity index (χ2n) is 5.63. The quantitative estimate of drug-likeness (QED) is 0.789. The molecule has 1 amide bonds. The molecule has 0 fully saturated rings. The van der Waals surface area contributed by atoms with Gasteiger partial charge in [-0.05, 0) is 43.9 Å². The molecule has 0 saturated carbocycles. The van der Waals surface area contributed by atoms with Crippen molar-refractivity contribution in [3.63, 3.8) is 0 Å². The number of rotatable bonds is 8. The first-order valence-corrected chi connectivity index (χ1v) is 7.79. The van der Waals surface area contributed by atoms with Gasteiger partial charge in [-0.15, -0.1) is 0 Å². The van der Waals surface area contributed by atoms with Crippen molar-refractivity contribution in [3.8, 4) is 17.2 Å². The maximum absolute atomic E-state index is 12.1. The molecule has 136 valence electrons. The van der Waals surface area contributed by atoms with Gasteiger partial charge in [0.05, 0.1) is 33.6 Å². The fourth-order valence-corrected chi connectivity index (χ4v) is 2.58. The maximum Gasteiger partial charge on any atom is 0.287 e. The molecule has 7 nitrogen and oxygen atoms in total. The lowest BCUT2D eigenvalue weighted by Gasteiger charge is -2.26. The van der Waals surface area contributed by atoms with E-state index in [0.717, 1.165) is 5.56 Å². The van der Waals surface area contributed by atoms with E-state index in [9.17, 15) is 4.79 Å². The molecule has 0 radical (unpaired) electrons. The minimum absolute atomic E-state index is 0.0902. The van der Waals surface area contributed by atoms with Gasteiger partial charge < -0.3 is 28.8 Å². The highest BCUT2D eigenvalue weighted by Crippen LogP contribution is 2.40. The average Bonchev–Trinajstić information content (AvgIpc) is 3.15. The van der Waals surface area contributed by atoms with E-state index in [4.69, 9.17) is 18.6 Å². The zero-order valence-electron chi connectivity index (χ0n) is 15.2. The molecule has 0 aliphatic heterocycles. The van der Waals surface area contributed by atoms with Gasteiger partial charge in [0.25, 0.3) is 5.91 Å². The van der Waals surface area contributed by atoms with Crippen LogP contribution in [0.2, 0.25) is 0 Å². The highest BCUT2D eigenvalue weighted by Gasteiger charge is 2.21. The third-order valence-corrected chi connectivity index (χ3v) is 3.90. The van der Waals surface area contributed by atoms with E-state index in [-0.39, 0.29) is 17.7 Å². The minimum Gasteiger partial charge on any atom is -0.493 e. The highest BCUT2D eigenvalue weighted by atomic mass is 16.5. The Morgan fingerprint density at radius 1 is 1.16 bits per heavy atom. The lowest BCUT2D eigenvalue weighted by atomic mass is 10.0. The first kappa shape index (κ1) is 18.7. The second kappa shape index (κ2) is 8.43. The van der Waals surface area contributed by atoms with Gasteiger partial charge in [0.1, 0.15) is 0 Å². The van der Waals surface area contributed by atoms with Crippen LogP contribution >= 0.6 is 0 Å². The van der Waals surface area contributed by atoms with Crippen LogP contribution in [0.1, 0.15) is 22.2 Å². The molecule has 1 N–H and O–H groups in total.